The van der Waals surface area contributed by atoms with E-state index in [1.165, 1.54) is 19.3 Å². The molecule has 21 heavy (non-hydrogen) atoms. The van der Waals surface area contributed by atoms with Crippen molar-refractivity contribution >= 4 is 0 Å². The Morgan fingerprint density at radius 3 is 2.33 bits per heavy atom. The van der Waals surface area contributed by atoms with Crippen LogP contribution in [0.3, 0.4) is 0 Å². The van der Waals surface area contributed by atoms with E-state index in [-0.39, 0.29) is 0 Å². The fraction of sp³-hybridized carbons (Fsp3) is 1.00. The smallest absolute Gasteiger partial charge is 0.0292 e. The van der Waals surface area contributed by atoms with E-state index in [0.717, 1.165) is 35.0 Å². The zero-order chi connectivity index (χ0) is 14.3. The van der Waals surface area contributed by atoms with Gasteiger partial charge in [0.05, 0.1) is 0 Å². The predicted octanol–water partition coefficient (Wildman–Crippen LogP) is 6.59. The molecule has 120 valence electrons. The molecule has 0 nitrogen and oxygen atoms in total. The van der Waals surface area contributed by atoms with Gasteiger partial charge in [-0.15, -0.1) is 0 Å². The second kappa shape index (κ2) is 5.89. The number of hydrogen-bond acceptors (Lipinski definition) is 0. The highest BCUT2D eigenvalue weighted by Crippen LogP contribution is 2.61. The molecule has 4 aliphatic carbocycles. The second-order valence-corrected chi connectivity index (χ2v) is 9.47. The van der Waals surface area contributed by atoms with Crippen LogP contribution in [0.4, 0.5) is 0 Å². The first kappa shape index (κ1) is 14.6. The van der Waals surface area contributed by atoms with Crippen molar-refractivity contribution in [2.45, 2.75) is 96.8 Å². The number of rotatable bonds is 2. The minimum Gasteiger partial charge on any atom is -0.0594 e. The second-order valence-electron chi connectivity index (χ2n) is 9.47. The van der Waals surface area contributed by atoms with Gasteiger partial charge in [0.15, 0.2) is 0 Å². The van der Waals surface area contributed by atoms with Gasteiger partial charge < -0.3 is 0 Å². The van der Waals surface area contributed by atoms with Crippen molar-refractivity contribution in [2.75, 3.05) is 0 Å². The van der Waals surface area contributed by atoms with Gasteiger partial charge >= 0.3 is 0 Å². The van der Waals surface area contributed by atoms with Crippen LogP contribution in [0, 0.1) is 35.0 Å². The first-order chi connectivity index (χ1) is 10.3. The first-order valence-corrected chi connectivity index (χ1v) is 10.3. The third-order valence-corrected chi connectivity index (χ3v) is 8.25. The standard InChI is InChI=1S/C21H36/c1-21(15-16-8-3-2-4-9-16)13-7-12-19-18-11-6-5-10-17(18)14-20(19)21/h16-20H,2-15H2,1H3. The molecule has 0 aliphatic heterocycles. The van der Waals surface area contributed by atoms with Crippen LogP contribution in [0.1, 0.15) is 96.8 Å². The summed E-state index contributed by atoms with van der Waals surface area (Å²) < 4.78 is 0. The normalized spacial score (nSPS) is 47.9. The Hall–Kier alpha value is 0. The van der Waals surface area contributed by atoms with E-state index >= 15 is 0 Å². The first-order valence-electron chi connectivity index (χ1n) is 10.3. The Bertz CT molecular complexity index is 353. The Balaban J connectivity index is 1.49. The molecule has 0 aromatic rings. The predicted molar refractivity (Wildman–Crippen MR) is 90.2 cm³/mol. The lowest BCUT2D eigenvalue weighted by Gasteiger charge is -2.47. The molecule has 5 unspecified atom stereocenters. The molecule has 0 heteroatoms. The Morgan fingerprint density at radius 2 is 1.48 bits per heavy atom. The number of fused-ring (bicyclic) bond motifs is 3. The lowest BCUT2D eigenvalue weighted by atomic mass is 9.58. The topological polar surface area (TPSA) is 0 Å². The fourth-order valence-corrected chi connectivity index (χ4v) is 7.34. The average Bonchev–Trinajstić information content (AvgIpc) is 2.89. The summed E-state index contributed by atoms with van der Waals surface area (Å²) in [5.41, 5.74) is 0.724. The van der Waals surface area contributed by atoms with Crippen LogP contribution in [-0.4, -0.2) is 0 Å². The summed E-state index contributed by atoms with van der Waals surface area (Å²) in [6.45, 7) is 2.72. The van der Waals surface area contributed by atoms with E-state index in [2.05, 4.69) is 6.92 Å². The Kier molecular flexibility index (Phi) is 4.09. The minimum absolute atomic E-state index is 0.724. The van der Waals surface area contributed by atoms with E-state index in [4.69, 9.17) is 0 Å². The van der Waals surface area contributed by atoms with E-state index in [1.807, 2.05) is 0 Å². The Labute approximate surface area is 132 Å². The maximum absolute atomic E-state index is 2.72. The summed E-state index contributed by atoms with van der Waals surface area (Å²) in [5, 5.41) is 0. The molecule has 4 saturated carbocycles. The van der Waals surface area contributed by atoms with Crippen molar-refractivity contribution in [1.82, 2.24) is 0 Å². The summed E-state index contributed by atoms with van der Waals surface area (Å²) in [4.78, 5) is 0. The monoisotopic (exact) mass is 288 g/mol. The molecule has 5 atom stereocenters. The van der Waals surface area contributed by atoms with Crippen molar-refractivity contribution in [2.24, 2.45) is 35.0 Å². The molecule has 0 radical (unpaired) electrons. The molecule has 4 rings (SSSR count). The summed E-state index contributed by atoms with van der Waals surface area (Å²) in [6, 6.07) is 0. The Morgan fingerprint density at radius 1 is 0.762 bits per heavy atom. The molecule has 0 amide bonds. The van der Waals surface area contributed by atoms with Crippen LogP contribution in [0.25, 0.3) is 0 Å². The molecule has 0 aromatic carbocycles. The van der Waals surface area contributed by atoms with Gasteiger partial charge in [0.2, 0.25) is 0 Å². The molecule has 0 aromatic heterocycles. The third kappa shape index (κ3) is 2.70. The van der Waals surface area contributed by atoms with Gasteiger partial charge in [0, 0.05) is 0 Å². The lowest BCUT2D eigenvalue weighted by molar-refractivity contribution is 0.0321. The highest BCUT2D eigenvalue weighted by Gasteiger charge is 2.52. The molecule has 4 aliphatic rings. The molecule has 0 spiro atoms. The molecular weight excluding hydrogens is 252 g/mol. The van der Waals surface area contributed by atoms with Gasteiger partial charge in [0.1, 0.15) is 0 Å². The van der Waals surface area contributed by atoms with Gasteiger partial charge in [0.25, 0.3) is 0 Å². The van der Waals surface area contributed by atoms with Gasteiger partial charge in [-0.25, -0.2) is 0 Å². The zero-order valence-corrected chi connectivity index (χ0v) is 14.3. The molecule has 0 bridgehead atoms. The van der Waals surface area contributed by atoms with Gasteiger partial charge in [-0.1, -0.05) is 64.7 Å². The minimum atomic E-state index is 0.724. The van der Waals surface area contributed by atoms with Gasteiger partial charge in [-0.2, -0.15) is 0 Å². The maximum Gasteiger partial charge on any atom is -0.0292 e. The lowest BCUT2D eigenvalue weighted by Crippen LogP contribution is -2.37. The van der Waals surface area contributed by atoms with Crippen molar-refractivity contribution in [3.8, 4) is 0 Å². The highest BCUT2D eigenvalue weighted by atomic mass is 14.6. The van der Waals surface area contributed by atoms with Crippen molar-refractivity contribution < 1.29 is 0 Å². The van der Waals surface area contributed by atoms with Crippen molar-refractivity contribution in [3.05, 3.63) is 0 Å². The van der Waals surface area contributed by atoms with Crippen LogP contribution >= 0.6 is 0 Å². The summed E-state index contributed by atoms with van der Waals surface area (Å²) in [6.07, 6.45) is 21.9. The fourth-order valence-electron chi connectivity index (χ4n) is 7.34. The van der Waals surface area contributed by atoms with E-state index in [1.54, 1.807) is 70.6 Å². The van der Waals surface area contributed by atoms with Crippen LogP contribution < -0.4 is 0 Å². The van der Waals surface area contributed by atoms with Crippen molar-refractivity contribution in [3.63, 3.8) is 0 Å². The summed E-state index contributed by atoms with van der Waals surface area (Å²) in [5.74, 6) is 5.62. The maximum atomic E-state index is 2.72. The zero-order valence-electron chi connectivity index (χ0n) is 14.3. The van der Waals surface area contributed by atoms with E-state index < -0.39 is 0 Å². The average molecular weight is 289 g/mol. The van der Waals surface area contributed by atoms with Crippen LogP contribution in [0.2, 0.25) is 0 Å². The van der Waals surface area contributed by atoms with Crippen LogP contribution in [0.5, 0.6) is 0 Å². The summed E-state index contributed by atoms with van der Waals surface area (Å²) in [7, 11) is 0. The van der Waals surface area contributed by atoms with E-state index in [0.29, 0.717) is 0 Å². The molecular formula is C21H36. The van der Waals surface area contributed by atoms with Crippen LogP contribution in [0.15, 0.2) is 0 Å². The highest BCUT2D eigenvalue weighted by molar-refractivity contribution is 5.02. The van der Waals surface area contributed by atoms with Gasteiger partial charge in [-0.05, 0) is 67.1 Å². The largest absolute Gasteiger partial charge is 0.0594 e. The quantitative estimate of drug-likeness (QED) is 0.537. The molecule has 0 heterocycles. The molecule has 0 N–H and O–H groups in total. The number of hydrogen-bond donors (Lipinski definition) is 0. The van der Waals surface area contributed by atoms with E-state index in [9.17, 15) is 0 Å². The van der Waals surface area contributed by atoms with Gasteiger partial charge in [-0.3, -0.25) is 0 Å². The van der Waals surface area contributed by atoms with Crippen molar-refractivity contribution in [1.29, 1.82) is 0 Å². The molecule has 0 saturated heterocycles. The summed E-state index contributed by atoms with van der Waals surface area (Å²) >= 11 is 0. The van der Waals surface area contributed by atoms with Crippen LogP contribution in [-0.2, 0) is 0 Å². The SMILES string of the molecule is CC1(CC2CCCCC2)CCCC2C3CCCCC3CC21. The third-order valence-electron chi connectivity index (χ3n) is 8.25. The molecule has 4 fully saturated rings.